The molecule has 18 heavy (non-hydrogen) atoms. The average molecular weight is 242 g/mol. The number of hydrogen-bond donors (Lipinski definition) is 1. The molecule has 1 atom stereocenters. The molecule has 2 aromatic heterocycles. The molecule has 0 aliphatic heterocycles. The minimum Gasteiger partial charge on any atom is -0.464 e. The van der Waals surface area contributed by atoms with E-state index in [9.17, 15) is 0 Å². The van der Waals surface area contributed by atoms with Gasteiger partial charge in [-0.05, 0) is 50.1 Å². The first-order valence-corrected chi connectivity index (χ1v) is 6.55. The van der Waals surface area contributed by atoms with Gasteiger partial charge in [0.2, 0.25) is 0 Å². The van der Waals surface area contributed by atoms with Gasteiger partial charge in [0.15, 0.2) is 0 Å². The summed E-state index contributed by atoms with van der Waals surface area (Å²) in [5, 5.41) is 3.11. The Hall–Kier alpha value is -1.61. The van der Waals surface area contributed by atoms with Crippen LogP contribution in [0.2, 0.25) is 0 Å². The lowest BCUT2D eigenvalue weighted by molar-refractivity contribution is 0.417. The number of rotatable bonds is 3. The Morgan fingerprint density at radius 1 is 1.39 bits per heavy atom. The zero-order valence-corrected chi connectivity index (χ0v) is 10.6. The zero-order chi connectivity index (χ0) is 12.4. The number of nitrogens with zero attached hydrogens (tertiary/aromatic N) is 1. The quantitative estimate of drug-likeness (QED) is 0.899. The van der Waals surface area contributed by atoms with Crippen molar-refractivity contribution in [1.82, 2.24) is 10.3 Å². The van der Waals surface area contributed by atoms with E-state index in [0.29, 0.717) is 5.92 Å². The number of aryl methyl sites for hydroxylation is 1. The van der Waals surface area contributed by atoms with Crippen LogP contribution in [0.5, 0.6) is 0 Å². The fourth-order valence-corrected chi connectivity index (χ4v) is 2.74. The summed E-state index contributed by atoms with van der Waals surface area (Å²) >= 11 is 0. The molecule has 0 radical (unpaired) electrons. The first-order valence-electron chi connectivity index (χ1n) is 6.55. The number of furan rings is 1. The van der Waals surface area contributed by atoms with Gasteiger partial charge in [-0.15, -0.1) is 0 Å². The second-order valence-corrected chi connectivity index (χ2v) is 4.83. The minimum absolute atomic E-state index is 0.334. The van der Waals surface area contributed by atoms with Crippen molar-refractivity contribution >= 4 is 0 Å². The summed E-state index contributed by atoms with van der Waals surface area (Å²) in [6.45, 7) is 0.780. The molecule has 94 valence electrons. The van der Waals surface area contributed by atoms with Gasteiger partial charge >= 0.3 is 0 Å². The molecule has 3 nitrogen and oxygen atoms in total. The van der Waals surface area contributed by atoms with Gasteiger partial charge in [-0.3, -0.25) is 4.98 Å². The molecule has 0 saturated carbocycles. The molecule has 1 aliphatic rings. The van der Waals surface area contributed by atoms with E-state index >= 15 is 0 Å². The van der Waals surface area contributed by atoms with E-state index in [1.165, 1.54) is 17.7 Å². The van der Waals surface area contributed by atoms with Gasteiger partial charge in [0, 0.05) is 6.20 Å². The van der Waals surface area contributed by atoms with Crippen molar-refractivity contribution in [2.24, 2.45) is 0 Å². The lowest BCUT2D eigenvalue weighted by atomic mass is 9.85. The molecule has 0 amide bonds. The molecule has 1 aliphatic carbocycles. The highest BCUT2D eigenvalue weighted by molar-refractivity contribution is 5.32. The maximum Gasteiger partial charge on any atom is 0.117 e. The number of aromatic nitrogens is 1. The van der Waals surface area contributed by atoms with Crippen LogP contribution >= 0.6 is 0 Å². The molecule has 0 spiro atoms. The highest BCUT2D eigenvalue weighted by Gasteiger charge is 2.25. The Kier molecular flexibility index (Phi) is 3.15. The maximum absolute atomic E-state index is 5.92. The number of hydrogen-bond acceptors (Lipinski definition) is 3. The summed E-state index contributed by atoms with van der Waals surface area (Å²) in [6.07, 6.45) is 5.38. The van der Waals surface area contributed by atoms with Crippen molar-refractivity contribution in [3.05, 3.63) is 53.2 Å². The van der Waals surface area contributed by atoms with E-state index in [2.05, 4.69) is 28.5 Å². The van der Waals surface area contributed by atoms with Crippen molar-refractivity contribution in [3.8, 4) is 0 Å². The van der Waals surface area contributed by atoms with E-state index < -0.39 is 0 Å². The van der Waals surface area contributed by atoms with E-state index in [0.717, 1.165) is 30.9 Å². The third-order valence-electron chi connectivity index (χ3n) is 3.57. The second-order valence-electron chi connectivity index (χ2n) is 4.83. The molecule has 3 rings (SSSR count). The highest BCUT2D eigenvalue weighted by Crippen LogP contribution is 2.35. The highest BCUT2D eigenvalue weighted by atomic mass is 16.3. The van der Waals surface area contributed by atoms with E-state index in [-0.39, 0.29) is 0 Å². The maximum atomic E-state index is 5.92. The predicted molar refractivity (Wildman–Crippen MR) is 70.5 cm³/mol. The molecule has 2 aromatic rings. The average Bonchev–Trinajstić information content (AvgIpc) is 2.87. The standard InChI is InChI=1S/C15H18N2O/c1-16-10-12-7-8-14(18-12)13-6-2-4-11-5-3-9-17-15(11)13/h3,5,7-9,13,16H,2,4,6,10H2,1H3. The van der Waals surface area contributed by atoms with Crippen LogP contribution in [0.1, 0.15) is 41.5 Å². The second kappa shape index (κ2) is 4.94. The third-order valence-corrected chi connectivity index (χ3v) is 3.57. The third kappa shape index (κ3) is 2.06. The Morgan fingerprint density at radius 2 is 2.33 bits per heavy atom. The molecule has 0 aromatic carbocycles. The van der Waals surface area contributed by atoms with E-state index in [4.69, 9.17) is 4.42 Å². The first kappa shape index (κ1) is 11.5. The van der Waals surface area contributed by atoms with Crippen molar-refractivity contribution in [2.45, 2.75) is 31.7 Å². The van der Waals surface area contributed by atoms with Crippen LogP contribution in [0.3, 0.4) is 0 Å². The zero-order valence-electron chi connectivity index (χ0n) is 10.6. The molecule has 3 heteroatoms. The summed E-state index contributed by atoms with van der Waals surface area (Å²) in [5.41, 5.74) is 2.58. The van der Waals surface area contributed by atoms with Gasteiger partial charge in [-0.1, -0.05) is 6.07 Å². The number of pyridine rings is 1. The molecule has 0 bridgehead atoms. The Bertz CT molecular complexity index is 533. The van der Waals surface area contributed by atoms with Crippen LogP contribution in [-0.4, -0.2) is 12.0 Å². The summed E-state index contributed by atoms with van der Waals surface area (Å²) in [4.78, 5) is 4.56. The van der Waals surface area contributed by atoms with Crippen molar-refractivity contribution in [1.29, 1.82) is 0 Å². The molecular weight excluding hydrogens is 224 g/mol. The van der Waals surface area contributed by atoms with Gasteiger partial charge in [0.1, 0.15) is 11.5 Å². The molecule has 0 fully saturated rings. The molecular formula is C15H18N2O. The monoisotopic (exact) mass is 242 g/mol. The Morgan fingerprint density at radius 3 is 3.22 bits per heavy atom. The SMILES string of the molecule is CNCc1ccc(C2CCCc3cccnc32)o1. The molecule has 2 heterocycles. The normalized spacial score (nSPS) is 18.6. The summed E-state index contributed by atoms with van der Waals surface area (Å²) < 4.78 is 5.92. The molecule has 1 N–H and O–H groups in total. The van der Waals surface area contributed by atoms with Crippen LogP contribution in [-0.2, 0) is 13.0 Å². The van der Waals surface area contributed by atoms with E-state index in [1.54, 1.807) is 0 Å². The van der Waals surface area contributed by atoms with Gasteiger partial charge in [0.05, 0.1) is 18.2 Å². The minimum atomic E-state index is 0.334. The van der Waals surface area contributed by atoms with Crippen LogP contribution in [0.25, 0.3) is 0 Å². The molecule has 0 saturated heterocycles. The topological polar surface area (TPSA) is 38.1 Å². The van der Waals surface area contributed by atoms with Crippen LogP contribution in [0, 0.1) is 0 Å². The van der Waals surface area contributed by atoms with Gasteiger partial charge < -0.3 is 9.73 Å². The van der Waals surface area contributed by atoms with Crippen LogP contribution in [0.4, 0.5) is 0 Å². The Labute approximate surface area is 107 Å². The van der Waals surface area contributed by atoms with E-state index in [1.807, 2.05) is 19.3 Å². The Balaban J connectivity index is 1.92. The largest absolute Gasteiger partial charge is 0.464 e. The fraction of sp³-hybridized carbons (Fsp3) is 0.400. The number of fused-ring (bicyclic) bond motifs is 1. The van der Waals surface area contributed by atoms with Crippen LogP contribution in [0.15, 0.2) is 34.9 Å². The fourth-order valence-electron chi connectivity index (χ4n) is 2.74. The van der Waals surface area contributed by atoms with Crippen molar-refractivity contribution in [2.75, 3.05) is 7.05 Å². The summed E-state index contributed by atoms with van der Waals surface area (Å²) in [7, 11) is 1.93. The predicted octanol–water partition coefficient (Wildman–Crippen LogP) is 2.86. The lowest BCUT2D eigenvalue weighted by Crippen LogP contribution is -2.12. The number of nitrogens with one attached hydrogen (secondary N) is 1. The van der Waals surface area contributed by atoms with Gasteiger partial charge in [0.25, 0.3) is 0 Å². The van der Waals surface area contributed by atoms with Crippen LogP contribution < -0.4 is 5.32 Å². The lowest BCUT2D eigenvalue weighted by Gasteiger charge is -2.22. The van der Waals surface area contributed by atoms with Gasteiger partial charge in [-0.2, -0.15) is 0 Å². The summed E-state index contributed by atoms with van der Waals surface area (Å²) in [5.74, 6) is 2.39. The molecule has 1 unspecified atom stereocenters. The van der Waals surface area contributed by atoms with Gasteiger partial charge in [-0.25, -0.2) is 0 Å². The van der Waals surface area contributed by atoms with Crippen molar-refractivity contribution < 1.29 is 4.42 Å². The first-order chi connectivity index (χ1) is 8.88. The van der Waals surface area contributed by atoms with Crippen molar-refractivity contribution in [3.63, 3.8) is 0 Å². The summed E-state index contributed by atoms with van der Waals surface area (Å²) in [6, 6.07) is 8.37. The smallest absolute Gasteiger partial charge is 0.117 e.